The highest BCUT2D eigenvalue weighted by atomic mass is 16.5. The van der Waals surface area contributed by atoms with Crippen molar-refractivity contribution in [2.75, 3.05) is 26.3 Å². The summed E-state index contributed by atoms with van der Waals surface area (Å²) in [5.41, 5.74) is 0.604. The number of benzene rings is 2. The number of amides is 1. The molecule has 0 spiro atoms. The minimum atomic E-state index is -0.902. The van der Waals surface area contributed by atoms with Crippen LogP contribution < -0.4 is 0 Å². The van der Waals surface area contributed by atoms with Crippen LogP contribution in [-0.4, -0.2) is 48.2 Å². The van der Waals surface area contributed by atoms with Crippen LogP contribution in [0.15, 0.2) is 42.5 Å². The van der Waals surface area contributed by atoms with Crippen LogP contribution in [0.5, 0.6) is 0 Å². The Morgan fingerprint density at radius 2 is 1.88 bits per heavy atom. The number of carboxylic acids is 1. The van der Waals surface area contributed by atoms with Gasteiger partial charge in [-0.1, -0.05) is 43.3 Å². The molecule has 5 nitrogen and oxygen atoms in total. The average molecular weight is 343 g/mol. The molecule has 2 aromatic rings. The molecular weight excluding hydrogens is 318 g/mol. The van der Waals surface area contributed by atoms with E-state index in [2.05, 4.69) is 0 Å². The topological polar surface area (TPSA) is 66.8 Å². The van der Waals surface area contributed by atoms with E-state index in [0.29, 0.717) is 31.7 Å². The molecule has 0 aliphatic rings. The highest BCUT2D eigenvalue weighted by Crippen LogP contribution is 2.20. The molecule has 2 rings (SSSR count). The number of hydrogen-bond donors (Lipinski definition) is 1. The van der Waals surface area contributed by atoms with Crippen LogP contribution in [0.3, 0.4) is 0 Å². The summed E-state index contributed by atoms with van der Waals surface area (Å²) in [6, 6.07) is 13.3. The zero-order chi connectivity index (χ0) is 18.2. The first-order valence-electron chi connectivity index (χ1n) is 8.62. The molecule has 1 amide bonds. The molecule has 0 aliphatic heterocycles. The number of carbonyl (C=O) groups excluding carboxylic acids is 1. The molecule has 0 fully saturated rings. The first kappa shape index (κ1) is 18.9. The Bertz CT molecular complexity index is 723. The first-order chi connectivity index (χ1) is 12.0. The van der Waals surface area contributed by atoms with Gasteiger partial charge in [-0.05, 0) is 30.2 Å². The van der Waals surface area contributed by atoms with Crippen LogP contribution in [0.4, 0.5) is 0 Å². The van der Waals surface area contributed by atoms with E-state index in [9.17, 15) is 14.7 Å². The second kappa shape index (κ2) is 9.18. The number of rotatable bonds is 9. The second-order valence-electron chi connectivity index (χ2n) is 6.07. The van der Waals surface area contributed by atoms with E-state index >= 15 is 0 Å². The van der Waals surface area contributed by atoms with E-state index in [1.807, 2.05) is 43.3 Å². The Balaban J connectivity index is 2.24. The van der Waals surface area contributed by atoms with Crippen LogP contribution in [0, 0.1) is 5.92 Å². The molecule has 0 aliphatic carbocycles. The van der Waals surface area contributed by atoms with Crippen molar-refractivity contribution in [3.8, 4) is 0 Å². The molecule has 0 radical (unpaired) electrons. The van der Waals surface area contributed by atoms with Crippen molar-refractivity contribution in [3.05, 3.63) is 48.0 Å². The maximum Gasteiger partial charge on any atom is 0.308 e. The monoisotopic (exact) mass is 343 g/mol. The highest BCUT2D eigenvalue weighted by molar-refractivity contribution is 6.07. The van der Waals surface area contributed by atoms with Crippen molar-refractivity contribution in [2.24, 2.45) is 5.92 Å². The molecule has 0 saturated heterocycles. The second-order valence-corrected chi connectivity index (χ2v) is 6.07. The largest absolute Gasteiger partial charge is 0.481 e. The molecule has 0 bridgehead atoms. The quantitative estimate of drug-likeness (QED) is 0.708. The third kappa shape index (κ3) is 5.03. The fourth-order valence-electron chi connectivity index (χ4n) is 2.77. The van der Waals surface area contributed by atoms with Crippen molar-refractivity contribution < 1.29 is 19.4 Å². The van der Waals surface area contributed by atoms with Gasteiger partial charge < -0.3 is 14.7 Å². The molecule has 0 saturated carbocycles. The fourth-order valence-corrected chi connectivity index (χ4v) is 2.77. The first-order valence-corrected chi connectivity index (χ1v) is 8.62. The number of ether oxygens (including phenoxy) is 1. The van der Waals surface area contributed by atoms with E-state index in [1.165, 1.54) is 0 Å². The summed E-state index contributed by atoms with van der Waals surface area (Å²) in [5.74, 6) is -1.66. The molecule has 134 valence electrons. The maximum absolute atomic E-state index is 13.1. The molecule has 25 heavy (non-hydrogen) atoms. The van der Waals surface area contributed by atoms with Crippen LogP contribution in [0.2, 0.25) is 0 Å². The Kier molecular flexibility index (Phi) is 6.95. The van der Waals surface area contributed by atoms with Gasteiger partial charge in [0.05, 0.1) is 5.92 Å². The van der Waals surface area contributed by atoms with E-state index in [4.69, 9.17) is 4.74 Å². The summed E-state index contributed by atoms with van der Waals surface area (Å²) in [5, 5.41) is 11.1. The van der Waals surface area contributed by atoms with Gasteiger partial charge in [-0.15, -0.1) is 0 Å². The van der Waals surface area contributed by atoms with Gasteiger partial charge in [0, 0.05) is 31.9 Å². The Morgan fingerprint density at radius 1 is 1.16 bits per heavy atom. The summed E-state index contributed by atoms with van der Waals surface area (Å²) in [4.78, 5) is 25.9. The number of fused-ring (bicyclic) bond motifs is 1. The molecular formula is C20H25NO4. The van der Waals surface area contributed by atoms with Crippen molar-refractivity contribution in [2.45, 2.75) is 20.3 Å². The van der Waals surface area contributed by atoms with Crippen molar-refractivity contribution in [1.82, 2.24) is 4.90 Å². The van der Waals surface area contributed by atoms with Gasteiger partial charge in [0.25, 0.3) is 5.91 Å². The van der Waals surface area contributed by atoms with Gasteiger partial charge in [0.1, 0.15) is 0 Å². The van der Waals surface area contributed by atoms with Crippen LogP contribution in [-0.2, 0) is 9.53 Å². The number of carboxylic acid groups (broad SMARTS) is 1. The fraction of sp³-hybridized carbons (Fsp3) is 0.400. The minimum Gasteiger partial charge on any atom is -0.481 e. The standard InChI is InChI=1S/C20H25NO4/c1-3-25-13-7-12-21(14-15(2)20(23)24)19(22)18-11-6-9-16-8-4-5-10-17(16)18/h4-6,8-11,15H,3,7,12-14H2,1-2H3,(H,23,24). The lowest BCUT2D eigenvalue weighted by molar-refractivity contribution is -0.141. The lowest BCUT2D eigenvalue weighted by Gasteiger charge is -2.25. The molecule has 1 unspecified atom stereocenters. The zero-order valence-corrected chi connectivity index (χ0v) is 14.8. The van der Waals surface area contributed by atoms with Gasteiger partial charge in [-0.2, -0.15) is 0 Å². The van der Waals surface area contributed by atoms with E-state index in [1.54, 1.807) is 17.9 Å². The Morgan fingerprint density at radius 3 is 2.60 bits per heavy atom. The number of hydrogen-bond acceptors (Lipinski definition) is 3. The molecule has 1 N–H and O–H groups in total. The van der Waals surface area contributed by atoms with Crippen molar-refractivity contribution in [1.29, 1.82) is 0 Å². The normalized spacial score (nSPS) is 12.1. The summed E-state index contributed by atoms with van der Waals surface area (Å²) < 4.78 is 5.34. The van der Waals surface area contributed by atoms with Crippen LogP contribution >= 0.6 is 0 Å². The smallest absolute Gasteiger partial charge is 0.308 e. The van der Waals surface area contributed by atoms with E-state index < -0.39 is 11.9 Å². The molecule has 0 aromatic heterocycles. The molecule has 5 heteroatoms. The number of aliphatic carboxylic acids is 1. The number of carbonyl (C=O) groups is 2. The van der Waals surface area contributed by atoms with E-state index in [0.717, 1.165) is 10.8 Å². The van der Waals surface area contributed by atoms with Gasteiger partial charge in [0.2, 0.25) is 0 Å². The Hall–Kier alpha value is -2.40. The van der Waals surface area contributed by atoms with Gasteiger partial charge in [-0.25, -0.2) is 0 Å². The number of nitrogens with zero attached hydrogens (tertiary/aromatic N) is 1. The molecule has 0 heterocycles. The molecule has 1 atom stereocenters. The molecule has 2 aromatic carbocycles. The van der Waals surface area contributed by atoms with E-state index in [-0.39, 0.29) is 12.5 Å². The zero-order valence-electron chi connectivity index (χ0n) is 14.8. The summed E-state index contributed by atoms with van der Waals surface area (Å²) in [6.45, 7) is 5.38. The predicted molar refractivity (Wildman–Crippen MR) is 97.8 cm³/mol. The maximum atomic E-state index is 13.1. The lowest BCUT2D eigenvalue weighted by Crippen LogP contribution is -2.38. The van der Waals surface area contributed by atoms with Crippen LogP contribution in [0.25, 0.3) is 10.8 Å². The third-order valence-corrected chi connectivity index (χ3v) is 4.14. The van der Waals surface area contributed by atoms with Crippen LogP contribution in [0.1, 0.15) is 30.6 Å². The van der Waals surface area contributed by atoms with Gasteiger partial charge in [-0.3, -0.25) is 9.59 Å². The highest BCUT2D eigenvalue weighted by Gasteiger charge is 2.22. The third-order valence-electron chi connectivity index (χ3n) is 4.14. The van der Waals surface area contributed by atoms with Gasteiger partial charge >= 0.3 is 5.97 Å². The Labute approximate surface area is 148 Å². The van der Waals surface area contributed by atoms with Crippen molar-refractivity contribution in [3.63, 3.8) is 0 Å². The summed E-state index contributed by atoms with van der Waals surface area (Å²) >= 11 is 0. The minimum absolute atomic E-state index is 0.138. The van der Waals surface area contributed by atoms with Crippen molar-refractivity contribution >= 4 is 22.6 Å². The average Bonchev–Trinajstić information content (AvgIpc) is 2.63. The summed E-state index contributed by atoms with van der Waals surface area (Å²) in [7, 11) is 0. The lowest BCUT2D eigenvalue weighted by atomic mass is 10.0. The predicted octanol–water partition coefficient (Wildman–Crippen LogP) is 3.43. The van der Waals surface area contributed by atoms with Gasteiger partial charge in [0.15, 0.2) is 0 Å². The SMILES string of the molecule is CCOCCCN(CC(C)C(=O)O)C(=O)c1cccc2ccccc12. The summed E-state index contributed by atoms with van der Waals surface area (Å²) in [6.07, 6.45) is 0.677.